The Kier molecular flexibility index (Phi) is 4.55. The van der Waals surface area contributed by atoms with E-state index < -0.39 is 5.97 Å². The second-order valence-electron chi connectivity index (χ2n) is 4.07. The van der Waals surface area contributed by atoms with Gasteiger partial charge in [0.1, 0.15) is 0 Å². The summed E-state index contributed by atoms with van der Waals surface area (Å²) < 4.78 is 0. The van der Waals surface area contributed by atoms with Crippen molar-refractivity contribution >= 4 is 11.9 Å². The molecule has 0 spiro atoms. The van der Waals surface area contributed by atoms with Crippen molar-refractivity contribution in [3.63, 3.8) is 0 Å². The maximum absolute atomic E-state index is 10.7. The first-order valence-corrected chi connectivity index (χ1v) is 5.26. The summed E-state index contributed by atoms with van der Waals surface area (Å²) in [7, 11) is 0. The first-order chi connectivity index (χ1) is 7.08. The standard InChI is InChI=1S/C10H18N2O3/c1-8(13)11-5-9-3-2-4-12(6-9)7-10(14)15/h9H,2-7H2,1H3,(H,11,13)(H,14,15). The van der Waals surface area contributed by atoms with Gasteiger partial charge in [-0.1, -0.05) is 0 Å². The average molecular weight is 214 g/mol. The molecule has 15 heavy (non-hydrogen) atoms. The van der Waals surface area contributed by atoms with Crippen molar-refractivity contribution in [2.75, 3.05) is 26.2 Å². The van der Waals surface area contributed by atoms with E-state index in [1.54, 1.807) is 0 Å². The first-order valence-electron chi connectivity index (χ1n) is 5.26. The van der Waals surface area contributed by atoms with Crippen molar-refractivity contribution in [2.24, 2.45) is 5.92 Å². The van der Waals surface area contributed by atoms with E-state index >= 15 is 0 Å². The van der Waals surface area contributed by atoms with Gasteiger partial charge in [0.25, 0.3) is 0 Å². The van der Waals surface area contributed by atoms with Gasteiger partial charge in [-0.2, -0.15) is 0 Å². The number of rotatable bonds is 4. The minimum absolute atomic E-state index is 0.0228. The SMILES string of the molecule is CC(=O)NCC1CCCN(CC(=O)O)C1. The molecule has 0 aromatic rings. The Hall–Kier alpha value is -1.10. The minimum atomic E-state index is -0.782. The van der Waals surface area contributed by atoms with Gasteiger partial charge in [0.2, 0.25) is 5.91 Å². The van der Waals surface area contributed by atoms with Crippen molar-refractivity contribution in [3.8, 4) is 0 Å². The molecule has 1 unspecified atom stereocenters. The van der Waals surface area contributed by atoms with Crippen LogP contribution in [-0.2, 0) is 9.59 Å². The number of aliphatic carboxylic acids is 1. The van der Waals surface area contributed by atoms with Crippen molar-refractivity contribution in [3.05, 3.63) is 0 Å². The Morgan fingerprint density at radius 3 is 2.87 bits per heavy atom. The maximum Gasteiger partial charge on any atom is 0.317 e. The Balaban J connectivity index is 2.28. The van der Waals surface area contributed by atoms with Gasteiger partial charge >= 0.3 is 5.97 Å². The van der Waals surface area contributed by atoms with Crippen LogP contribution < -0.4 is 5.32 Å². The molecule has 1 saturated heterocycles. The fourth-order valence-corrected chi connectivity index (χ4v) is 1.94. The van der Waals surface area contributed by atoms with Gasteiger partial charge in [-0.05, 0) is 25.3 Å². The zero-order valence-corrected chi connectivity index (χ0v) is 9.03. The summed E-state index contributed by atoms with van der Waals surface area (Å²) in [5.41, 5.74) is 0. The summed E-state index contributed by atoms with van der Waals surface area (Å²) in [6.07, 6.45) is 2.08. The number of hydrogen-bond acceptors (Lipinski definition) is 3. The van der Waals surface area contributed by atoms with Crippen LogP contribution in [0.4, 0.5) is 0 Å². The minimum Gasteiger partial charge on any atom is -0.480 e. The molecule has 5 nitrogen and oxygen atoms in total. The lowest BCUT2D eigenvalue weighted by molar-refractivity contribution is -0.138. The topological polar surface area (TPSA) is 69.6 Å². The van der Waals surface area contributed by atoms with Crippen LogP contribution >= 0.6 is 0 Å². The van der Waals surface area contributed by atoms with Crippen LogP contribution in [0.5, 0.6) is 0 Å². The third kappa shape index (κ3) is 4.78. The van der Waals surface area contributed by atoms with E-state index in [1.807, 2.05) is 4.90 Å². The van der Waals surface area contributed by atoms with Crippen molar-refractivity contribution in [2.45, 2.75) is 19.8 Å². The molecule has 0 aromatic heterocycles. The van der Waals surface area contributed by atoms with Crippen LogP contribution in [0.15, 0.2) is 0 Å². The van der Waals surface area contributed by atoms with Crippen LogP contribution in [-0.4, -0.2) is 48.1 Å². The number of nitrogens with one attached hydrogen (secondary N) is 1. The van der Waals surface area contributed by atoms with Crippen LogP contribution in [0, 0.1) is 5.92 Å². The molecule has 5 heteroatoms. The van der Waals surface area contributed by atoms with Crippen molar-refractivity contribution < 1.29 is 14.7 Å². The fraction of sp³-hybridized carbons (Fsp3) is 0.800. The van der Waals surface area contributed by atoms with E-state index in [1.165, 1.54) is 6.92 Å². The lowest BCUT2D eigenvalue weighted by Crippen LogP contribution is -2.42. The van der Waals surface area contributed by atoms with E-state index in [0.29, 0.717) is 12.5 Å². The van der Waals surface area contributed by atoms with E-state index in [-0.39, 0.29) is 12.5 Å². The molecule has 1 amide bonds. The molecule has 1 fully saturated rings. The summed E-state index contributed by atoms with van der Waals surface area (Å²) in [4.78, 5) is 23.2. The summed E-state index contributed by atoms with van der Waals surface area (Å²) in [6.45, 7) is 3.88. The van der Waals surface area contributed by atoms with Gasteiger partial charge in [-0.25, -0.2) is 0 Å². The van der Waals surface area contributed by atoms with Gasteiger partial charge in [-0.3, -0.25) is 14.5 Å². The average Bonchev–Trinajstić information content (AvgIpc) is 2.14. The summed E-state index contributed by atoms with van der Waals surface area (Å²) >= 11 is 0. The summed E-state index contributed by atoms with van der Waals surface area (Å²) in [5, 5.41) is 11.4. The van der Waals surface area contributed by atoms with Crippen LogP contribution in [0.25, 0.3) is 0 Å². The van der Waals surface area contributed by atoms with Crippen LogP contribution in [0.2, 0.25) is 0 Å². The lowest BCUT2D eigenvalue weighted by atomic mass is 9.98. The number of carbonyl (C=O) groups is 2. The van der Waals surface area contributed by atoms with Gasteiger partial charge < -0.3 is 10.4 Å². The fourth-order valence-electron chi connectivity index (χ4n) is 1.94. The lowest BCUT2D eigenvalue weighted by Gasteiger charge is -2.31. The second-order valence-corrected chi connectivity index (χ2v) is 4.07. The molecule has 0 aliphatic carbocycles. The molecular formula is C10H18N2O3. The Bertz CT molecular complexity index is 243. The highest BCUT2D eigenvalue weighted by atomic mass is 16.4. The maximum atomic E-state index is 10.7. The number of carbonyl (C=O) groups excluding carboxylic acids is 1. The zero-order chi connectivity index (χ0) is 11.3. The number of hydrogen-bond donors (Lipinski definition) is 2. The predicted molar refractivity (Wildman–Crippen MR) is 55.5 cm³/mol. The third-order valence-electron chi connectivity index (χ3n) is 2.60. The molecule has 1 rings (SSSR count). The Morgan fingerprint density at radius 1 is 1.53 bits per heavy atom. The summed E-state index contributed by atoms with van der Waals surface area (Å²) in [5.74, 6) is -0.414. The molecule has 2 N–H and O–H groups in total. The molecule has 86 valence electrons. The Morgan fingerprint density at radius 2 is 2.27 bits per heavy atom. The monoisotopic (exact) mass is 214 g/mol. The van der Waals surface area contributed by atoms with Gasteiger partial charge in [0, 0.05) is 20.0 Å². The molecule has 1 aliphatic rings. The van der Waals surface area contributed by atoms with E-state index in [2.05, 4.69) is 5.32 Å². The van der Waals surface area contributed by atoms with Gasteiger partial charge in [-0.15, -0.1) is 0 Å². The second kappa shape index (κ2) is 5.70. The molecule has 1 heterocycles. The number of carboxylic acids is 1. The van der Waals surface area contributed by atoms with E-state index in [9.17, 15) is 9.59 Å². The predicted octanol–water partition coefficient (Wildman–Crippen LogP) is -0.0809. The van der Waals surface area contributed by atoms with Crippen molar-refractivity contribution in [1.29, 1.82) is 0 Å². The van der Waals surface area contributed by atoms with Crippen LogP contribution in [0.3, 0.4) is 0 Å². The molecular weight excluding hydrogens is 196 g/mol. The smallest absolute Gasteiger partial charge is 0.317 e. The molecule has 1 atom stereocenters. The Labute approximate surface area is 89.4 Å². The molecule has 0 radical (unpaired) electrons. The molecule has 0 bridgehead atoms. The quantitative estimate of drug-likeness (QED) is 0.686. The highest BCUT2D eigenvalue weighted by Crippen LogP contribution is 2.15. The van der Waals surface area contributed by atoms with Gasteiger partial charge in [0.15, 0.2) is 0 Å². The number of piperidine rings is 1. The zero-order valence-electron chi connectivity index (χ0n) is 9.03. The van der Waals surface area contributed by atoms with E-state index in [4.69, 9.17) is 5.11 Å². The number of nitrogens with zero attached hydrogens (tertiary/aromatic N) is 1. The van der Waals surface area contributed by atoms with Crippen molar-refractivity contribution in [1.82, 2.24) is 10.2 Å². The molecule has 0 aromatic carbocycles. The third-order valence-corrected chi connectivity index (χ3v) is 2.60. The van der Waals surface area contributed by atoms with E-state index in [0.717, 1.165) is 25.9 Å². The first kappa shape index (κ1) is 12.0. The number of amides is 1. The highest BCUT2D eigenvalue weighted by Gasteiger charge is 2.21. The molecule has 1 aliphatic heterocycles. The number of likely N-dealkylation sites (tertiary alicyclic amines) is 1. The number of carboxylic acid groups (broad SMARTS) is 1. The normalized spacial score (nSPS) is 22.3. The largest absolute Gasteiger partial charge is 0.480 e. The van der Waals surface area contributed by atoms with Crippen LogP contribution in [0.1, 0.15) is 19.8 Å². The summed E-state index contributed by atoms with van der Waals surface area (Å²) in [6, 6.07) is 0. The van der Waals surface area contributed by atoms with Gasteiger partial charge in [0.05, 0.1) is 6.54 Å². The highest BCUT2D eigenvalue weighted by molar-refractivity contribution is 5.72. The molecule has 0 saturated carbocycles.